The molecule has 1 amide bonds. The first-order chi connectivity index (χ1) is 7.35. The van der Waals surface area contributed by atoms with Gasteiger partial charge in [-0.2, -0.15) is 11.8 Å². The number of hydrogen-bond acceptors (Lipinski definition) is 4. The molecule has 0 aromatic heterocycles. The van der Waals surface area contributed by atoms with E-state index in [1.807, 2.05) is 27.7 Å². The lowest BCUT2D eigenvalue weighted by molar-refractivity contribution is 0.0531. The zero-order valence-electron chi connectivity index (χ0n) is 10.6. The molecule has 5 heteroatoms. The number of rotatable bonds is 6. The Balaban J connectivity index is 3.42. The number of ether oxygens (including phenoxy) is 1. The van der Waals surface area contributed by atoms with Gasteiger partial charge in [-0.15, -0.1) is 0 Å². The van der Waals surface area contributed by atoms with Gasteiger partial charge in [-0.3, -0.25) is 0 Å². The van der Waals surface area contributed by atoms with Crippen LogP contribution in [0.15, 0.2) is 0 Å². The van der Waals surface area contributed by atoms with E-state index in [9.17, 15) is 4.79 Å². The van der Waals surface area contributed by atoms with E-state index >= 15 is 0 Å². The van der Waals surface area contributed by atoms with E-state index in [0.717, 1.165) is 11.5 Å². The van der Waals surface area contributed by atoms with Gasteiger partial charge in [0, 0.05) is 18.9 Å². The third kappa shape index (κ3) is 10.1. The molecule has 1 atom stereocenters. The van der Waals surface area contributed by atoms with E-state index in [0.29, 0.717) is 12.5 Å². The first-order valence-electron chi connectivity index (χ1n) is 5.50. The van der Waals surface area contributed by atoms with Crippen molar-refractivity contribution in [2.45, 2.75) is 33.3 Å². The molecule has 0 aromatic carbocycles. The Bertz CT molecular complexity index is 204. The Hall–Kier alpha value is -0.420. The summed E-state index contributed by atoms with van der Waals surface area (Å²) >= 11 is 1.72. The van der Waals surface area contributed by atoms with E-state index in [1.165, 1.54) is 0 Å². The van der Waals surface area contributed by atoms with Crippen molar-refractivity contribution in [3.05, 3.63) is 0 Å². The molecule has 0 aliphatic heterocycles. The van der Waals surface area contributed by atoms with Crippen molar-refractivity contribution in [3.63, 3.8) is 0 Å². The Kier molecular flexibility index (Phi) is 7.58. The average molecular weight is 249 g/mol. The lowest BCUT2D eigenvalue weighted by Gasteiger charge is -2.19. The van der Waals surface area contributed by atoms with Crippen LogP contribution in [0.3, 0.4) is 0 Å². The summed E-state index contributed by atoms with van der Waals surface area (Å²) in [5.74, 6) is 2.06. The van der Waals surface area contributed by atoms with Crippen molar-refractivity contribution in [3.8, 4) is 0 Å². The standard InChI is InChI=1S/C11H23NO3S/c1-9(7-13)8-16-6-5-12-10(14)15-11(2,3)4/h9,13H,5-8H2,1-4H3,(H,12,14). The van der Waals surface area contributed by atoms with Crippen LogP contribution in [0.1, 0.15) is 27.7 Å². The van der Waals surface area contributed by atoms with E-state index in [1.54, 1.807) is 11.8 Å². The maximum atomic E-state index is 11.2. The molecule has 16 heavy (non-hydrogen) atoms. The molecule has 0 saturated carbocycles. The summed E-state index contributed by atoms with van der Waals surface area (Å²) in [4.78, 5) is 11.2. The van der Waals surface area contributed by atoms with Gasteiger partial charge in [0.2, 0.25) is 0 Å². The van der Waals surface area contributed by atoms with Gasteiger partial charge < -0.3 is 15.2 Å². The number of carbonyl (C=O) groups is 1. The van der Waals surface area contributed by atoms with Gasteiger partial charge in [0.05, 0.1) is 0 Å². The Morgan fingerprint density at radius 1 is 1.50 bits per heavy atom. The zero-order valence-corrected chi connectivity index (χ0v) is 11.4. The van der Waals surface area contributed by atoms with E-state index in [4.69, 9.17) is 9.84 Å². The number of nitrogens with one attached hydrogen (secondary N) is 1. The number of hydrogen-bond donors (Lipinski definition) is 2. The van der Waals surface area contributed by atoms with Crippen molar-refractivity contribution in [2.75, 3.05) is 24.7 Å². The second kappa shape index (κ2) is 7.79. The maximum Gasteiger partial charge on any atom is 0.407 e. The summed E-state index contributed by atoms with van der Waals surface area (Å²) in [5, 5.41) is 11.5. The summed E-state index contributed by atoms with van der Waals surface area (Å²) in [6, 6.07) is 0. The fourth-order valence-electron chi connectivity index (χ4n) is 0.877. The first-order valence-corrected chi connectivity index (χ1v) is 6.66. The van der Waals surface area contributed by atoms with Gasteiger partial charge in [0.25, 0.3) is 0 Å². The Morgan fingerprint density at radius 3 is 2.62 bits per heavy atom. The second-order valence-corrected chi connectivity index (χ2v) is 5.94. The molecule has 0 aromatic rings. The number of thioether (sulfide) groups is 1. The van der Waals surface area contributed by atoms with Gasteiger partial charge in [-0.1, -0.05) is 6.92 Å². The minimum atomic E-state index is -0.442. The van der Waals surface area contributed by atoms with Gasteiger partial charge in [0.1, 0.15) is 5.60 Å². The predicted octanol–water partition coefficient (Wildman–Crippen LogP) is 1.87. The maximum absolute atomic E-state index is 11.2. The largest absolute Gasteiger partial charge is 0.444 e. The molecule has 0 aliphatic carbocycles. The predicted molar refractivity (Wildman–Crippen MR) is 67.8 cm³/mol. The lowest BCUT2D eigenvalue weighted by Crippen LogP contribution is -2.33. The highest BCUT2D eigenvalue weighted by atomic mass is 32.2. The molecule has 96 valence electrons. The van der Waals surface area contributed by atoms with Crippen LogP contribution in [0.2, 0.25) is 0 Å². The number of alkyl carbamates (subject to hydrolysis) is 1. The molecule has 0 saturated heterocycles. The lowest BCUT2D eigenvalue weighted by atomic mass is 10.2. The highest BCUT2D eigenvalue weighted by Crippen LogP contribution is 2.08. The van der Waals surface area contributed by atoms with Crippen LogP contribution in [0.25, 0.3) is 0 Å². The van der Waals surface area contributed by atoms with Crippen LogP contribution in [-0.2, 0) is 4.74 Å². The third-order valence-electron chi connectivity index (χ3n) is 1.63. The van der Waals surface area contributed by atoms with Crippen LogP contribution in [0, 0.1) is 5.92 Å². The molecule has 0 bridgehead atoms. The van der Waals surface area contributed by atoms with Crippen molar-refractivity contribution < 1.29 is 14.6 Å². The minimum absolute atomic E-state index is 0.215. The summed E-state index contributed by atoms with van der Waals surface area (Å²) in [6.45, 7) is 8.32. The normalized spacial score (nSPS) is 13.3. The van der Waals surface area contributed by atoms with Crippen molar-refractivity contribution in [2.24, 2.45) is 5.92 Å². The van der Waals surface area contributed by atoms with E-state index in [-0.39, 0.29) is 12.7 Å². The zero-order chi connectivity index (χ0) is 12.6. The quantitative estimate of drug-likeness (QED) is 0.706. The first kappa shape index (κ1) is 15.6. The van der Waals surface area contributed by atoms with Gasteiger partial charge in [0.15, 0.2) is 0 Å². The third-order valence-corrected chi connectivity index (χ3v) is 2.93. The topological polar surface area (TPSA) is 58.6 Å². The summed E-state index contributed by atoms with van der Waals surface area (Å²) in [6.07, 6.45) is -0.372. The molecule has 0 spiro atoms. The fourth-order valence-corrected chi connectivity index (χ4v) is 1.80. The molecular formula is C11H23NO3S. The monoisotopic (exact) mass is 249 g/mol. The molecule has 2 N–H and O–H groups in total. The molecule has 0 radical (unpaired) electrons. The number of amides is 1. The molecule has 1 unspecified atom stereocenters. The highest BCUT2D eigenvalue weighted by Gasteiger charge is 2.15. The summed E-state index contributed by atoms with van der Waals surface area (Å²) < 4.78 is 5.09. The van der Waals surface area contributed by atoms with Crippen molar-refractivity contribution >= 4 is 17.9 Å². The Labute approximate surface area is 102 Å². The van der Waals surface area contributed by atoms with Crippen LogP contribution >= 0.6 is 11.8 Å². The molecule has 0 fully saturated rings. The Morgan fingerprint density at radius 2 is 2.12 bits per heavy atom. The SMILES string of the molecule is CC(CO)CSCCNC(=O)OC(C)(C)C. The summed E-state index contributed by atoms with van der Waals surface area (Å²) in [5.41, 5.74) is -0.442. The second-order valence-electron chi connectivity index (χ2n) is 4.79. The van der Waals surface area contributed by atoms with Gasteiger partial charge in [-0.25, -0.2) is 4.79 Å². The minimum Gasteiger partial charge on any atom is -0.444 e. The molecule has 0 heterocycles. The average Bonchev–Trinajstić information content (AvgIpc) is 2.14. The number of carbonyl (C=O) groups excluding carboxylic acids is 1. The molecule has 4 nitrogen and oxygen atoms in total. The summed E-state index contributed by atoms with van der Waals surface area (Å²) in [7, 11) is 0. The number of aliphatic hydroxyl groups is 1. The van der Waals surface area contributed by atoms with Crippen LogP contribution in [0.4, 0.5) is 4.79 Å². The van der Waals surface area contributed by atoms with Crippen LogP contribution in [-0.4, -0.2) is 41.5 Å². The molecule has 0 aliphatic rings. The highest BCUT2D eigenvalue weighted by molar-refractivity contribution is 7.99. The van der Waals surface area contributed by atoms with Crippen molar-refractivity contribution in [1.82, 2.24) is 5.32 Å². The van der Waals surface area contributed by atoms with Crippen LogP contribution in [0.5, 0.6) is 0 Å². The molecular weight excluding hydrogens is 226 g/mol. The fraction of sp³-hybridized carbons (Fsp3) is 0.909. The van der Waals surface area contributed by atoms with E-state index in [2.05, 4.69) is 5.32 Å². The smallest absolute Gasteiger partial charge is 0.407 e. The van der Waals surface area contributed by atoms with E-state index < -0.39 is 5.60 Å². The number of aliphatic hydroxyl groups excluding tert-OH is 1. The van der Waals surface area contributed by atoms with Crippen molar-refractivity contribution in [1.29, 1.82) is 0 Å². The van der Waals surface area contributed by atoms with Crippen LogP contribution < -0.4 is 5.32 Å². The molecule has 0 rings (SSSR count). The van der Waals surface area contributed by atoms with Gasteiger partial charge >= 0.3 is 6.09 Å². The van der Waals surface area contributed by atoms with Gasteiger partial charge in [-0.05, 0) is 32.4 Å².